The van der Waals surface area contributed by atoms with E-state index in [1.165, 1.54) is 25.7 Å². The Bertz CT molecular complexity index is 862. The van der Waals surface area contributed by atoms with E-state index in [9.17, 15) is 10.2 Å². The highest BCUT2D eigenvalue weighted by atomic mass is 16.5. The lowest BCUT2D eigenvalue weighted by molar-refractivity contribution is -0.0470. The third kappa shape index (κ3) is 4.19. The van der Waals surface area contributed by atoms with Gasteiger partial charge in [0.15, 0.2) is 0 Å². The average molecular weight is 396 g/mol. The molecule has 0 spiro atoms. The molecular formula is C25H33NO3. The van der Waals surface area contributed by atoms with Crippen molar-refractivity contribution in [2.24, 2.45) is 29.6 Å². The van der Waals surface area contributed by atoms with Crippen molar-refractivity contribution in [2.75, 3.05) is 13.7 Å². The van der Waals surface area contributed by atoms with Gasteiger partial charge >= 0.3 is 0 Å². The summed E-state index contributed by atoms with van der Waals surface area (Å²) < 4.78 is 5.30. The molecule has 2 saturated carbocycles. The average Bonchev–Trinajstić information content (AvgIpc) is 2.75. The number of methoxy groups -OCH3 is 1. The summed E-state index contributed by atoms with van der Waals surface area (Å²) in [6.45, 7) is 2.05. The summed E-state index contributed by atoms with van der Waals surface area (Å²) in [4.78, 5) is 4.79. The number of fused-ring (bicyclic) bond motifs is 2. The molecule has 4 nitrogen and oxygen atoms in total. The first-order valence-electron chi connectivity index (χ1n) is 11.0. The fourth-order valence-corrected chi connectivity index (χ4v) is 5.91. The molecule has 6 atom stereocenters. The van der Waals surface area contributed by atoms with Crippen LogP contribution in [0.4, 0.5) is 0 Å². The molecule has 2 fully saturated rings. The molecule has 0 radical (unpaired) electrons. The van der Waals surface area contributed by atoms with Gasteiger partial charge in [-0.1, -0.05) is 31.4 Å². The molecule has 0 saturated heterocycles. The molecule has 156 valence electrons. The van der Waals surface area contributed by atoms with E-state index < -0.39 is 6.10 Å². The van der Waals surface area contributed by atoms with Crippen LogP contribution in [0.15, 0.2) is 36.4 Å². The van der Waals surface area contributed by atoms with Crippen LogP contribution in [-0.4, -0.2) is 35.0 Å². The van der Waals surface area contributed by atoms with Crippen molar-refractivity contribution >= 4 is 17.0 Å². The standard InChI is InChI=1S/C25H33NO3/c1-16(28)25-19(15-27)13-17-5-3-4-6-22(17)23(25)11-9-20-8-7-18-14-21(29-2)10-12-24(18)26-20/h7-12,14,16-17,19,22-23,25,27-28H,3-6,13,15H2,1-2H3/b11-9+/t16-,17+,19+,22-,23+,25-/m1/s1. The van der Waals surface area contributed by atoms with Gasteiger partial charge in [0.1, 0.15) is 5.75 Å². The molecule has 2 aromatic rings. The molecule has 1 aromatic heterocycles. The second kappa shape index (κ2) is 8.85. The summed E-state index contributed by atoms with van der Waals surface area (Å²) in [6, 6.07) is 10.0. The minimum Gasteiger partial charge on any atom is -0.497 e. The van der Waals surface area contributed by atoms with Gasteiger partial charge in [0, 0.05) is 12.0 Å². The van der Waals surface area contributed by atoms with E-state index in [2.05, 4.69) is 18.2 Å². The van der Waals surface area contributed by atoms with E-state index in [-0.39, 0.29) is 18.4 Å². The Kier molecular flexibility index (Phi) is 6.21. The van der Waals surface area contributed by atoms with Crippen LogP contribution >= 0.6 is 0 Å². The first kappa shape index (κ1) is 20.4. The SMILES string of the molecule is COc1ccc2nc(/C=C/[C@H]3[C@@H]4CCCC[C@H]4C[C@@H](CO)[C@H]3[C@@H](C)O)ccc2c1. The van der Waals surface area contributed by atoms with E-state index in [0.717, 1.165) is 28.8 Å². The minimum atomic E-state index is -0.415. The van der Waals surface area contributed by atoms with Crippen molar-refractivity contribution in [1.29, 1.82) is 0 Å². The van der Waals surface area contributed by atoms with Crippen LogP contribution in [0.3, 0.4) is 0 Å². The zero-order chi connectivity index (χ0) is 20.4. The molecule has 2 N–H and O–H groups in total. The number of pyridine rings is 1. The Labute approximate surface area is 173 Å². The lowest BCUT2D eigenvalue weighted by atomic mass is 9.57. The smallest absolute Gasteiger partial charge is 0.119 e. The summed E-state index contributed by atoms with van der Waals surface area (Å²) in [6.07, 6.45) is 10.1. The molecule has 0 amide bonds. The fourth-order valence-electron chi connectivity index (χ4n) is 5.91. The van der Waals surface area contributed by atoms with Crippen molar-refractivity contribution in [3.05, 3.63) is 42.1 Å². The number of nitrogens with zero attached hydrogens (tertiary/aromatic N) is 1. The topological polar surface area (TPSA) is 62.6 Å². The molecule has 0 aliphatic heterocycles. The number of benzene rings is 1. The number of hydrogen-bond donors (Lipinski definition) is 2. The lowest BCUT2D eigenvalue weighted by Crippen LogP contribution is -2.46. The van der Waals surface area contributed by atoms with Gasteiger partial charge in [0.05, 0.1) is 24.4 Å². The van der Waals surface area contributed by atoms with Crippen LogP contribution in [-0.2, 0) is 0 Å². The predicted molar refractivity (Wildman–Crippen MR) is 117 cm³/mol. The molecule has 1 aromatic carbocycles. The maximum atomic E-state index is 10.6. The molecule has 4 heteroatoms. The van der Waals surface area contributed by atoms with Gasteiger partial charge in [-0.2, -0.15) is 0 Å². The number of aliphatic hydroxyl groups excluding tert-OH is 2. The van der Waals surface area contributed by atoms with Gasteiger partial charge in [0.2, 0.25) is 0 Å². The van der Waals surface area contributed by atoms with Gasteiger partial charge in [-0.15, -0.1) is 0 Å². The largest absolute Gasteiger partial charge is 0.497 e. The predicted octanol–water partition coefficient (Wildman–Crippen LogP) is 4.69. The highest BCUT2D eigenvalue weighted by Gasteiger charge is 2.45. The van der Waals surface area contributed by atoms with Gasteiger partial charge in [0.25, 0.3) is 0 Å². The quantitative estimate of drug-likeness (QED) is 0.771. The van der Waals surface area contributed by atoms with Crippen molar-refractivity contribution in [1.82, 2.24) is 4.98 Å². The van der Waals surface area contributed by atoms with Gasteiger partial charge in [-0.3, -0.25) is 0 Å². The van der Waals surface area contributed by atoms with E-state index in [0.29, 0.717) is 17.8 Å². The normalized spacial score (nSPS) is 31.0. The molecule has 0 unspecified atom stereocenters. The van der Waals surface area contributed by atoms with Crippen molar-refractivity contribution < 1.29 is 14.9 Å². The van der Waals surface area contributed by atoms with Gasteiger partial charge < -0.3 is 14.9 Å². The van der Waals surface area contributed by atoms with Gasteiger partial charge in [-0.05, 0) is 79.7 Å². The van der Waals surface area contributed by atoms with Crippen LogP contribution < -0.4 is 4.74 Å². The fraction of sp³-hybridized carbons (Fsp3) is 0.560. The van der Waals surface area contributed by atoms with Crippen LogP contribution in [0.25, 0.3) is 17.0 Å². The minimum absolute atomic E-state index is 0.111. The first-order chi connectivity index (χ1) is 14.1. The number of ether oxygens (including phenoxy) is 1. The highest BCUT2D eigenvalue weighted by Crippen LogP contribution is 2.50. The molecule has 29 heavy (non-hydrogen) atoms. The number of aliphatic hydroxyl groups is 2. The Morgan fingerprint density at radius 3 is 2.79 bits per heavy atom. The van der Waals surface area contributed by atoms with Crippen molar-refractivity contribution in [2.45, 2.75) is 45.1 Å². The monoisotopic (exact) mass is 395 g/mol. The highest BCUT2D eigenvalue weighted by molar-refractivity contribution is 5.81. The summed E-state index contributed by atoms with van der Waals surface area (Å²) in [5, 5.41) is 21.6. The molecule has 2 aliphatic carbocycles. The van der Waals surface area contributed by atoms with Crippen molar-refractivity contribution in [3.63, 3.8) is 0 Å². The molecular weight excluding hydrogens is 362 g/mol. The number of rotatable bonds is 5. The van der Waals surface area contributed by atoms with Crippen LogP contribution in [0.1, 0.15) is 44.7 Å². The van der Waals surface area contributed by atoms with E-state index in [1.54, 1.807) is 7.11 Å². The maximum Gasteiger partial charge on any atom is 0.119 e. The Balaban J connectivity index is 1.63. The number of hydrogen-bond acceptors (Lipinski definition) is 4. The van der Waals surface area contributed by atoms with E-state index in [4.69, 9.17) is 9.72 Å². The van der Waals surface area contributed by atoms with Crippen LogP contribution in [0.2, 0.25) is 0 Å². The zero-order valence-corrected chi connectivity index (χ0v) is 17.5. The van der Waals surface area contributed by atoms with Crippen LogP contribution in [0, 0.1) is 29.6 Å². The molecule has 4 rings (SSSR count). The summed E-state index contributed by atoms with van der Waals surface area (Å²) in [5.74, 6) is 2.69. The van der Waals surface area contributed by atoms with E-state index >= 15 is 0 Å². The summed E-state index contributed by atoms with van der Waals surface area (Å²) in [5.41, 5.74) is 1.89. The molecule has 0 bridgehead atoms. The third-order valence-corrected chi connectivity index (χ3v) is 7.26. The second-order valence-corrected chi connectivity index (χ2v) is 8.94. The van der Waals surface area contributed by atoms with Gasteiger partial charge in [-0.25, -0.2) is 4.98 Å². The Morgan fingerprint density at radius 1 is 1.21 bits per heavy atom. The summed E-state index contributed by atoms with van der Waals surface area (Å²) >= 11 is 0. The molecule has 2 aliphatic rings. The lowest BCUT2D eigenvalue weighted by Gasteiger charge is -2.49. The molecule has 1 heterocycles. The zero-order valence-electron chi connectivity index (χ0n) is 17.5. The second-order valence-electron chi connectivity index (χ2n) is 8.94. The summed E-state index contributed by atoms with van der Waals surface area (Å²) in [7, 11) is 1.67. The Hall–Kier alpha value is -1.91. The van der Waals surface area contributed by atoms with E-state index in [1.807, 2.05) is 31.2 Å². The van der Waals surface area contributed by atoms with Crippen LogP contribution in [0.5, 0.6) is 5.75 Å². The first-order valence-corrected chi connectivity index (χ1v) is 11.0. The number of allylic oxidation sites excluding steroid dienone is 1. The third-order valence-electron chi connectivity index (χ3n) is 7.26. The number of aromatic nitrogens is 1. The Morgan fingerprint density at radius 2 is 2.03 bits per heavy atom. The maximum absolute atomic E-state index is 10.6. The van der Waals surface area contributed by atoms with Crippen molar-refractivity contribution in [3.8, 4) is 5.75 Å².